The Morgan fingerprint density at radius 2 is 1.79 bits per heavy atom. The second-order valence-corrected chi connectivity index (χ2v) is 2.68. The summed E-state index contributed by atoms with van der Waals surface area (Å²) in [6, 6.07) is 2.45. The van der Waals surface area contributed by atoms with Crippen LogP contribution in [0, 0.1) is 27.2 Å². The third-order valence-corrected chi connectivity index (χ3v) is 1.79. The molecule has 14 heavy (non-hydrogen) atoms. The van der Waals surface area contributed by atoms with Crippen LogP contribution in [0.1, 0.15) is 5.56 Å². The summed E-state index contributed by atoms with van der Waals surface area (Å²) in [4.78, 5) is 19.3. The highest BCUT2D eigenvalue weighted by molar-refractivity contribution is 5.72. The molecular weight excluding hydrogens is 190 g/mol. The number of nitro benzene ring substituents is 2. The smallest absolute Gasteiger partial charge is 0.368 e. The van der Waals surface area contributed by atoms with Gasteiger partial charge >= 0.3 is 11.4 Å². The van der Waals surface area contributed by atoms with Crippen LogP contribution in [0.15, 0.2) is 12.1 Å². The minimum absolute atomic E-state index is 0.163. The number of hydrogen-bond acceptors (Lipinski definition) is 5. The zero-order chi connectivity index (χ0) is 10.9. The summed E-state index contributed by atoms with van der Waals surface area (Å²) in [7, 11) is 0. The maximum Gasteiger partial charge on any atom is 0.368 e. The van der Waals surface area contributed by atoms with Crippen molar-refractivity contribution in [2.24, 2.45) is 0 Å². The molecular formula is C7H7N3O4. The molecule has 2 N–H and O–H groups in total. The van der Waals surface area contributed by atoms with Gasteiger partial charge in [-0.05, 0) is 18.6 Å². The van der Waals surface area contributed by atoms with E-state index in [0.29, 0.717) is 5.56 Å². The number of nitrogen functional groups attached to an aromatic ring is 1. The predicted octanol–water partition coefficient (Wildman–Crippen LogP) is 1.39. The molecule has 0 bridgehead atoms. The van der Waals surface area contributed by atoms with Crippen molar-refractivity contribution in [3.05, 3.63) is 37.9 Å². The lowest BCUT2D eigenvalue weighted by Gasteiger charge is -2.00. The van der Waals surface area contributed by atoms with Gasteiger partial charge in [-0.15, -0.1) is 0 Å². The summed E-state index contributed by atoms with van der Waals surface area (Å²) in [6.45, 7) is 1.55. The molecule has 0 unspecified atom stereocenters. The Balaban J connectivity index is 3.53. The molecule has 0 radical (unpaired) electrons. The molecule has 74 valence electrons. The second-order valence-electron chi connectivity index (χ2n) is 2.68. The lowest BCUT2D eigenvalue weighted by Crippen LogP contribution is -2.02. The zero-order valence-electron chi connectivity index (χ0n) is 7.26. The number of nitrogens with zero attached hydrogens (tertiary/aromatic N) is 2. The van der Waals surface area contributed by atoms with Gasteiger partial charge in [-0.3, -0.25) is 20.2 Å². The summed E-state index contributed by atoms with van der Waals surface area (Å²) in [5.74, 6) is 0. The monoisotopic (exact) mass is 197 g/mol. The number of nitro groups is 2. The van der Waals surface area contributed by atoms with E-state index in [0.717, 1.165) is 6.07 Å². The molecule has 0 aliphatic rings. The van der Waals surface area contributed by atoms with E-state index >= 15 is 0 Å². The van der Waals surface area contributed by atoms with Crippen LogP contribution >= 0.6 is 0 Å². The highest BCUT2D eigenvalue weighted by Crippen LogP contribution is 2.34. The van der Waals surface area contributed by atoms with Crippen molar-refractivity contribution in [1.29, 1.82) is 0 Å². The Labute approximate surface area is 78.4 Å². The molecule has 0 amide bonds. The van der Waals surface area contributed by atoms with E-state index in [2.05, 4.69) is 0 Å². The van der Waals surface area contributed by atoms with Crippen LogP contribution in [0.4, 0.5) is 17.1 Å². The standard InChI is InChI=1S/C7H7N3O4/c1-4-2-3-5(9(11)12)7(6(4)8)10(13)14/h2-3H,8H2,1H3. The van der Waals surface area contributed by atoms with Gasteiger partial charge in [0.1, 0.15) is 5.69 Å². The number of rotatable bonds is 2. The summed E-state index contributed by atoms with van der Waals surface area (Å²) in [6.07, 6.45) is 0. The van der Waals surface area contributed by atoms with Gasteiger partial charge in [0.05, 0.1) is 9.85 Å². The van der Waals surface area contributed by atoms with E-state index in [4.69, 9.17) is 5.73 Å². The second kappa shape index (κ2) is 3.29. The molecule has 0 fully saturated rings. The van der Waals surface area contributed by atoms with Crippen molar-refractivity contribution in [2.45, 2.75) is 6.92 Å². The maximum atomic E-state index is 10.5. The first-order valence-electron chi connectivity index (χ1n) is 3.63. The Bertz CT molecular complexity index is 416. The largest absolute Gasteiger partial charge is 0.393 e. The number of anilines is 1. The van der Waals surface area contributed by atoms with Gasteiger partial charge in [0.2, 0.25) is 0 Å². The van der Waals surface area contributed by atoms with Crippen molar-refractivity contribution in [2.75, 3.05) is 5.73 Å². The van der Waals surface area contributed by atoms with Crippen molar-refractivity contribution < 1.29 is 9.85 Å². The Hall–Kier alpha value is -2.18. The van der Waals surface area contributed by atoms with Gasteiger partial charge in [0.15, 0.2) is 0 Å². The van der Waals surface area contributed by atoms with Crippen LogP contribution in [0.25, 0.3) is 0 Å². The fraction of sp³-hybridized carbons (Fsp3) is 0.143. The van der Waals surface area contributed by atoms with E-state index < -0.39 is 21.2 Å². The fourth-order valence-electron chi connectivity index (χ4n) is 1.04. The minimum Gasteiger partial charge on any atom is -0.393 e. The molecule has 0 aliphatic carbocycles. The lowest BCUT2D eigenvalue weighted by molar-refractivity contribution is -0.421. The first-order valence-corrected chi connectivity index (χ1v) is 3.63. The third-order valence-electron chi connectivity index (χ3n) is 1.79. The molecule has 1 rings (SSSR count). The first kappa shape index (κ1) is 9.90. The molecule has 7 heteroatoms. The quantitative estimate of drug-likeness (QED) is 0.437. The average Bonchev–Trinajstić information content (AvgIpc) is 2.08. The molecule has 7 nitrogen and oxygen atoms in total. The number of nitrogens with two attached hydrogens (primary N) is 1. The van der Waals surface area contributed by atoms with Gasteiger partial charge in [-0.1, -0.05) is 0 Å². The van der Waals surface area contributed by atoms with E-state index in [-0.39, 0.29) is 5.69 Å². The van der Waals surface area contributed by atoms with Crippen molar-refractivity contribution in [3.63, 3.8) is 0 Å². The van der Waals surface area contributed by atoms with Crippen LogP contribution in [-0.4, -0.2) is 9.85 Å². The van der Waals surface area contributed by atoms with E-state index in [1.54, 1.807) is 6.92 Å². The summed E-state index contributed by atoms with van der Waals surface area (Å²) >= 11 is 0. The van der Waals surface area contributed by atoms with Crippen LogP contribution in [-0.2, 0) is 0 Å². The molecule has 0 aliphatic heterocycles. The third kappa shape index (κ3) is 1.47. The lowest BCUT2D eigenvalue weighted by atomic mass is 10.1. The molecule has 0 spiro atoms. The van der Waals surface area contributed by atoms with Crippen LogP contribution in [0.5, 0.6) is 0 Å². The van der Waals surface area contributed by atoms with Gasteiger partial charge < -0.3 is 5.73 Å². The minimum atomic E-state index is -0.847. The van der Waals surface area contributed by atoms with Crippen molar-refractivity contribution in [1.82, 2.24) is 0 Å². The maximum absolute atomic E-state index is 10.5. The molecule has 0 heterocycles. The first-order chi connectivity index (χ1) is 6.45. The number of aryl methyl sites for hydroxylation is 1. The van der Waals surface area contributed by atoms with E-state index in [1.807, 2.05) is 0 Å². The van der Waals surface area contributed by atoms with Gasteiger partial charge in [-0.2, -0.15) is 0 Å². The van der Waals surface area contributed by atoms with Crippen molar-refractivity contribution in [3.8, 4) is 0 Å². The van der Waals surface area contributed by atoms with Gasteiger partial charge in [0.25, 0.3) is 0 Å². The van der Waals surface area contributed by atoms with E-state index in [1.165, 1.54) is 6.07 Å². The number of hydrogen-bond donors (Lipinski definition) is 1. The molecule has 0 saturated heterocycles. The highest BCUT2D eigenvalue weighted by Gasteiger charge is 2.28. The van der Waals surface area contributed by atoms with Crippen molar-refractivity contribution >= 4 is 17.1 Å². The molecule has 1 aromatic carbocycles. The Morgan fingerprint density at radius 1 is 1.21 bits per heavy atom. The average molecular weight is 197 g/mol. The van der Waals surface area contributed by atoms with E-state index in [9.17, 15) is 20.2 Å². The van der Waals surface area contributed by atoms with Crippen LogP contribution in [0.2, 0.25) is 0 Å². The van der Waals surface area contributed by atoms with Gasteiger partial charge in [0, 0.05) is 6.07 Å². The Kier molecular flexibility index (Phi) is 2.32. The molecule has 0 atom stereocenters. The summed E-state index contributed by atoms with van der Waals surface area (Å²) in [5, 5.41) is 21.0. The molecule has 1 aromatic rings. The zero-order valence-corrected chi connectivity index (χ0v) is 7.26. The Morgan fingerprint density at radius 3 is 2.21 bits per heavy atom. The van der Waals surface area contributed by atoms with Crippen LogP contribution in [0.3, 0.4) is 0 Å². The SMILES string of the molecule is Cc1ccc([N+](=O)[O-])c([N+](=O)[O-])c1N. The predicted molar refractivity (Wildman–Crippen MR) is 48.9 cm³/mol. The highest BCUT2D eigenvalue weighted by atomic mass is 16.6. The summed E-state index contributed by atoms with van der Waals surface area (Å²) < 4.78 is 0. The molecule has 0 aromatic heterocycles. The van der Waals surface area contributed by atoms with Crippen LogP contribution < -0.4 is 5.73 Å². The fourth-order valence-corrected chi connectivity index (χ4v) is 1.04. The summed E-state index contributed by atoms with van der Waals surface area (Å²) in [5.41, 5.74) is 4.43. The number of benzene rings is 1. The molecule has 0 saturated carbocycles. The normalized spacial score (nSPS) is 9.79. The topological polar surface area (TPSA) is 112 Å². The van der Waals surface area contributed by atoms with Gasteiger partial charge in [-0.25, -0.2) is 0 Å².